The molecule has 2 heterocycles. The van der Waals surface area contributed by atoms with Crippen LogP contribution in [0.15, 0.2) is 54.1 Å². The fraction of sp³-hybridized carbons (Fsp3) is 0.360. The molecule has 7 heteroatoms. The fourth-order valence-electron chi connectivity index (χ4n) is 4.18. The first-order chi connectivity index (χ1) is 15.5. The highest BCUT2D eigenvalue weighted by atomic mass is 16.5. The van der Waals surface area contributed by atoms with Crippen LogP contribution in [0.1, 0.15) is 22.7 Å². The lowest BCUT2D eigenvalue weighted by atomic mass is 9.94. The monoisotopic (exact) mass is 436 g/mol. The highest BCUT2D eigenvalue weighted by molar-refractivity contribution is 6.46. The van der Waals surface area contributed by atoms with Gasteiger partial charge < -0.3 is 19.5 Å². The summed E-state index contributed by atoms with van der Waals surface area (Å²) in [5, 5.41) is 11.1. The predicted molar refractivity (Wildman–Crippen MR) is 120 cm³/mol. The molecule has 2 aliphatic rings. The Hall–Kier alpha value is -3.16. The number of likely N-dealkylation sites (tertiary alicyclic amines) is 1. The molecule has 2 aromatic carbocycles. The van der Waals surface area contributed by atoms with E-state index in [0.29, 0.717) is 37.6 Å². The number of carbonyl (C=O) groups excluding carboxylic acids is 2. The van der Waals surface area contributed by atoms with E-state index in [1.165, 1.54) is 0 Å². The van der Waals surface area contributed by atoms with Crippen molar-refractivity contribution in [2.45, 2.75) is 13.0 Å². The zero-order chi connectivity index (χ0) is 22.7. The summed E-state index contributed by atoms with van der Waals surface area (Å²) < 4.78 is 10.6. The number of aryl methyl sites for hydroxylation is 1. The van der Waals surface area contributed by atoms with E-state index in [2.05, 4.69) is 4.90 Å². The smallest absolute Gasteiger partial charge is 0.295 e. The third-order valence-electron chi connectivity index (χ3n) is 6.06. The lowest BCUT2D eigenvalue weighted by molar-refractivity contribution is -0.140. The molecule has 2 saturated heterocycles. The van der Waals surface area contributed by atoms with Gasteiger partial charge in [0.25, 0.3) is 11.7 Å². The molecule has 2 aromatic rings. The average Bonchev–Trinajstić information content (AvgIpc) is 3.08. The van der Waals surface area contributed by atoms with Gasteiger partial charge in [0, 0.05) is 31.7 Å². The number of Topliss-reactive ketones (excluding diaryl/α,β-unsaturated/α-hetero) is 1. The molecule has 0 bridgehead atoms. The Labute approximate surface area is 187 Å². The number of carbonyl (C=O) groups is 2. The first-order valence-corrected chi connectivity index (χ1v) is 10.8. The van der Waals surface area contributed by atoms with Crippen molar-refractivity contribution in [2.75, 3.05) is 46.5 Å². The van der Waals surface area contributed by atoms with Crippen molar-refractivity contribution in [3.8, 4) is 5.75 Å². The van der Waals surface area contributed by atoms with E-state index in [9.17, 15) is 14.7 Å². The largest absolute Gasteiger partial charge is 0.507 e. The quantitative estimate of drug-likeness (QED) is 0.426. The molecule has 32 heavy (non-hydrogen) atoms. The third-order valence-corrected chi connectivity index (χ3v) is 6.06. The average molecular weight is 437 g/mol. The SMILES string of the molecule is COc1ccc(C(O)=C2C(=O)C(=O)N(CCN3CCOCC3)[C@@H]2c2ccc(C)cc2)cc1. The van der Waals surface area contributed by atoms with Crippen LogP contribution in [0.2, 0.25) is 0 Å². The number of benzene rings is 2. The van der Waals surface area contributed by atoms with Gasteiger partial charge in [0.05, 0.1) is 31.9 Å². The Kier molecular flexibility index (Phi) is 6.58. The predicted octanol–water partition coefficient (Wildman–Crippen LogP) is 2.76. The van der Waals surface area contributed by atoms with Crippen molar-refractivity contribution in [3.05, 3.63) is 70.8 Å². The number of hydrogen-bond donors (Lipinski definition) is 1. The van der Waals surface area contributed by atoms with Gasteiger partial charge >= 0.3 is 0 Å². The van der Waals surface area contributed by atoms with E-state index in [1.807, 2.05) is 31.2 Å². The number of rotatable bonds is 6. The summed E-state index contributed by atoms with van der Waals surface area (Å²) in [5.74, 6) is -0.780. The second-order valence-electron chi connectivity index (χ2n) is 8.09. The van der Waals surface area contributed by atoms with E-state index in [-0.39, 0.29) is 11.3 Å². The molecule has 1 atom stereocenters. The molecule has 0 aliphatic carbocycles. The molecule has 0 aromatic heterocycles. The van der Waals surface area contributed by atoms with E-state index in [4.69, 9.17) is 9.47 Å². The van der Waals surface area contributed by atoms with Crippen LogP contribution in [-0.4, -0.2) is 73.1 Å². The number of morpholine rings is 1. The Morgan fingerprint density at radius 1 is 1.03 bits per heavy atom. The number of methoxy groups -OCH3 is 1. The summed E-state index contributed by atoms with van der Waals surface area (Å²) in [5.41, 5.74) is 2.46. The normalized spacial score (nSPS) is 21.2. The van der Waals surface area contributed by atoms with Crippen molar-refractivity contribution in [3.63, 3.8) is 0 Å². The lowest BCUT2D eigenvalue weighted by Gasteiger charge is -2.31. The molecule has 7 nitrogen and oxygen atoms in total. The van der Waals surface area contributed by atoms with Gasteiger partial charge in [0.15, 0.2) is 0 Å². The van der Waals surface area contributed by atoms with Gasteiger partial charge in [0.2, 0.25) is 0 Å². The summed E-state index contributed by atoms with van der Waals surface area (Å²) in [6.45, 7) is 5.94. The maximum atomic E-state index is 13.1. The van der Waals surface area contributed by atoms with Gasteiger partial charge in [0.1, 0.15) is 11.5 Å². The summed E-state index contributed by atoms with van der Waals surface area (Å²) in [4.78, 5) is 29.9. The van der Waals surface area contributed by atoms with Crippen molar-refractivity contribution in [1.82, 2.24) is 9.80 Å². The molecule has 1 amide bonds. The summed E-state index contributed by atoms with van der Waals surface area (Å²) >= 11 is 0. The van der Waals surface area contributed by atoms with Gasteiger partial charge in [-0.1, -0.05) is 29.8 Å². The zero-order valence-electron chi connectivity index (χ0n) is 18.4. The molecular formula is C25H28N2O5. The van der Waals surface area contributed by atoms with E-state index in [1.54, 1.807) is 36.3 Å². The molecule has 168 valence electrons. The summed E-state index contributed by atoms with van der Waals surface area (Å²) in [6, 6.07) is 13.9. The molecule has 0 radical (unpaired) electrons. The fourth-order valence-corrected chi connectivity index (χ4v) is 4.18. The van der Waals surface area contributed by atoms with E-state index in [0.717, 1.165) is 24.2 Å². The molecular weight excluding hydrogens is 408 g/mol. The minimum absolute atomic E-state index is 0.117. The highest BCUT2D eigenvalue weighted by Crippen LogP contribution is 2.39. The second kappa shape index (κ2) is 9.54. The third kappa shape index (κ3) is 4.40. The molecule has 0 saturated carbocycles. The molecule has 2 fully saturated rings. The summed E-state index contributed by atoms with van der Waals surface area (Å²) in [7, 11) is 1.56. The van der Waals surface area contributed by atoms with Crippen molar-refractivity contribution >= 4 is 17.4 Å². The van der Waals surface area contributed by atoms with Gasteiger partial charge in [-0.3, -0.25) is 14.5 Å². The van der Waals surface area contributed by atoms with Crippen molar-refractivity contribution < 1.29 is 24.2 Å². The van der Waals surface area contributed by atoms with Crippen LogP contribution < -0.4 is 4.74 Å². The Bertz CT molecular complexity index is 1010. The standard InChI is InChI=1S/C25H28N2O5/c1-17-3-5-18(6-4-17)22-21(23(28)19-7-9-20(31-2)10-8-19)24(29)25(30)27(22)12-11-26-13-15-32-16-14-26/h3-10,22,28H,11-16H2,1-2H3/t22-/m1/s1. The number of nitrogens with zero attached hydrogens (tertiary/aromatic N) is 2. The maximum absolute atomic E-state index is 13.1. The lowest BCUT2D eigenvalue weighted by Crippen LogP contribution is -2.42. The molecule has 2 aliphatic heterocycles. The number of aliphatic hydroxyl groups excluding tert-OH is 1. The Morgan fingerprint density at radius 3 is 2.31 bits per heavy atom. The summed E-state index contributed by atoms with van der Waals surface area (Å²) in [6.07, 6.45) is 0. The molecule has 0 spiro atoms. The van der Waals surface area contributed by atoms with Gasteiger partial charge in [-0.15, -0.1) is 0 Å². The Balaban J connectivity index is 1.71. The van der Waals surface area contributed by atoms with Crippen molar-refractivity contribution in [1.29, 1.82) is 0 Å². The maximum Gasteiger partial charge on any atom is 0.295 e. The van der Waals surface area contributed by atoms with Crippen LogP contribution in [0.3, 0.4) is 0 Å². The van der Waals surface area contributed by atoms with Crippen LogP contribution in [0.25, 0.3) is 5.76 Å². The van der Waals surface area contributed by atoms with Gasteiger partial charge in [-0.05, 0) is 36.8 Å². The van der Waals surface area contributed by atoms with Crippen LogP contribution in [0, 0.1) is 6.92 Å². The van der Waals surface area contributed by atoms with Crippen LogP contribution in [0.4, 0.5) is 0 Å². The molecule has 1 N–H and O–H groups in total. The van der Waals surface area contributed by atoms with Gasteiger partial charge in [-0.25, -0.2) is 0 Å². The van der Waals surface area contributed by atoms with Crippen molar-refractivity contribution in [2.24, 2.45) is 0 Å². The number of ketones is 1. The molecule has 4 rings (SSSR count). The number of hydrogen-bond acceptors (Lipinski definition) is 6. The van der Waals surface area contributed by atoms with Crippen LogP contribution in [0.5, 0.6) is 5.75 Å². The number of aliphatic hydroxyl groups is 1. The number of ether oxygens (including phenoxy) is 2. The second-order valence-corrected chi connectivity index (χ2v) is 8.09. The van der Waals surface area contributed by atoms with E-state index < -0.39 is 17.7 Å². The molecule has 0 unspecified atom stereocenters. The minimum Gasteiger partial charge on any atom is -0.507 e. The minimum atomic E-state index is -0.661. The van der Waals surface area contributed by atoms with E-state index >= 15 is 0 Å². The first kappa shape index (κ1) is 22.0. The Morgan fingerprint density at radius 2 is 1.69 bits per heavy atom. The highest BCUT2D eigenvalue weighted by Gasteiger charge is 2.46. The van der Waals surface area contributed by atoms with Crippen LogP contribution in [-0.2, 0) is 14.3 Å². The zero-order valence-corrected chi connectivity index (χ0v) is 18.4. The van der Waals surface area contributed by atoms with Crippen LogP contribution >= 0.6 is 0 Å². The topological polar surface area (TPSA) is 79.3 Å². The van der Waals surface area contributed by atoms with Gasteiger partial charge in [-0.2, -0.15) is 0 Å². The number of amides is 1. The first-order valence-electron chi connectivity index (χ1n) is 10.8.